The van der Waals surface area contributed by atoms with Crippen molar-refractivity contribution in [2.45, 2.75) is 26.7 Å². The molecule has 1 aromatic carbocycles. The first-order chi connectivity index (χ1) is 6.58. The zero-order valence-electron chi connectivity index (χ0n) is 8.85. The fourth-order valence-corrected chi connectivity index (χ4v) is 1.82. The SMILES string of the molecule is C=C1Nc2cc(C)c(C(C)C)cc2O1. The Balaban J connectivity index is 2.50. The number of anilines is 1. The molecule has 0 unspecified atom stereocenters. The molecule has 0 radical (unpaired) electrons. The van der Waals surface area contributed by atoms with Gasteiger partial charge in [-0.2, -0.15) is 0 Å². The minimum atomic E-state index is 0.526. The highest BCUT2D eigenvalue weighted by Crippen LogP contribution is 2.37. The molecule has 0 fully saturated rings. The second kappa shape index (κ2) is 3.05. The summed E-state index contributed by atoms with van der Waals surface area (Å²) >= 11 is 0. The number of ether oxygens (including phenoxy) is 1. The topological polar surface area (TPSA) is 21.3 Å². The number of hydrogen-bond acceptors (Lipinski definition) is 2. The molecule has 1 N–H and O–H groups in total. The van der Waals surface area contributed by atoms with Crippen LogP contribution in [0.4, 0.5) is 5.69 Å². The average Bonchev–Trinajstić information content (AvgIpc) is 2.42. The Labute approximate surface area is 84.6 Å². The van der Waals surface area contributed by atoms with Crippen LogP contribution >= 0.6 is 0 Å². The van der Waals surface area contributed by atoms with Gasteiger partial charge in [-0.05, 0) is 42.7 Å². The molecule has 74 valence electrons. The summed E-state index contributed by atoms with van der Waals surface area (Å²) in [6, 6.07) is 4.21. The van der Waals surface area contributed by atoms with Gasteiger partial charge in [-0.15, -0.1) is 0 Å². The van der Waals surface area contributed by atoms with Crippen molar-refractivity contribution < 1.29 is 4.74 Å². The van der Waals surface area contributed by atoms with Crippen LogP contribution in [0.15, 0.2) is 24.6 Å². The summed E-state index contributed by atoms with van der Waals surface area (Å²) < 4.78 is 5.45. The van der Waals surface area contributed by atoms with Crippen molar-refractivity contribution in [3.63, 3.8) is 0 Å². The van der Waals surface area contributed by atoms with Gasteiger partial charge in [-0.25, -0.2) is 0 Å². The average molecular weight is 189 g/mol. The number of nitrogens with one attached hydrogen (secondary N) is 1. The van der Waals surface area contributed by atoms with E-state index >= 15 is 0 Å². The molecule has 1 aliphatic rings. The van der Waals surface area contributed by atoms with Gasteiger partial charge >= 0.3 is 0 Å². The normalized spacial score (nSPS) is 13.9. The van der Waals surface area contributed by atoms with Crippen molar-refractivity contribution in [2.24, 2.45) is 0 Å². The Bertz CT molecular complexity index is 394. The van der Waals surface area contributed by atoms with E-state index in [1.165, 1.54) is 11.1 Å². The molecule has 0 saturated heterocycles. The van der Waals surface area contributed by atoms with E-state index in [1.807, 2.05) is 0 Å². The van der Waals surface area contributed by atoms with Gasteiger partial charge < -0.3 is 10.1 Å². The van der Waals surface area contributed by atoms with Gasteiger partial charge in [0, 0.05) is 0 Å². The highest BCUT2D eigenvalue weighted by atomic mass is 16.5. The third-order valence-electron chi connectivity index (χ3n) is 2.50. The maximum absolute atomic E-state index is 5.45. The molecule has 2 nitrogen and oxygen atoms in total. The van der Waals surface area contributed by atoms with E-state index in [0.717, 1.165) is 11.4 Å². The molecule has 0 spiro atoms. The van der Waals surface area contributed by atoms with Crippen LogP contribution in [-0.2, 0) is 0 Å². The van der Waals surface area contributed by atoms with Crippen molar-refractivity contribution in [3.05, 3.63) is 35.7 Å². The van der Waals surface area contributed by atoms with E-state index < -0.39 is 0 Å². The van der Waals surface area contributed by atoms with Gasteiger partial charge in [-0.1, -0.05) is 13.8 Å². The Kier molecular flexibility index (Phi) is 1.99. The quantitative estimate of drug-likeness (QED) is 0.731. The predicted molar refractivity (Wildman–Crippen MR) is 58.7 cm³/mol. The molecule has 1 aromatic rings. The fourth-order valence-electron chi connectivity index (χ4n) is 1.82. The summed E-state index contributed by atoms with van der Waals surface area (Å²) in [6.07, 6.45) is 0. The van der Waals surface area contributed by atoms with Gasteiger partial charge in [0.2, 0.25) is 0 Å². The lowest BCUT2D eigenvalue weighted by Crippen LogP contribution is -1.92. The van der Waals surface area contributed by atoms with Crippen LogP contribution in [0.2, 0.25) is 0 Å². The Morgan fingerprint density at radius 2 is 2.07 bits per heavy atom. The highest BCUT2D eigenvalue weighted by molar-refractivity contribution is 5.66. The number of aryl methyl sites for hydroxylation is 1. The number of hydrogen-bond donors (Lipinski definition) is 1. The Morgan fingerprint density at radius 3 is 2.71 bits per heavy atom. The summed E-state index contributed by atoms with van der Waals surface area (Å²) in [5.74, 6) is 2.03. The summed E-state index contributed by atoms with van der Waals surface area (Å²) in [6.45, 7) is 10.2. The molecular weight excluding hydrogens is 174 g/mol. The van der Waals surface area contributed by atoms with Crippen LogP contribution in [0.3, 0.4) is 0 Å². The summed E-state index contributed by atoms with van der Waals surface area (Å²) in [5, 5.41) is 3.09. The predicted octanol–water partition coefficient (Wildman–Crippen LogP) is 3.39. The van der Waals surface area contributed by atoms with Crippen LogP contribution in [0.5, 0.6) is 5.75 Å². The van der Waals surface area contributed by atoms with Crippen LogP contribution in [0.1, 0.15) is 30.9 Å². The lowest BCUT2D eigenvalue weighted by molar-refractivity contribution is 0.459. The van der Waals surface area contributed by atoms with E-state index in [0.29, 0.717) is 11.8 Å². The number of fused-ring (bicyclic) bond motifs is 1. The third-order valence-corrected chi connectivity index (χ3v) is 2.50. The zero-order chi connectivity index (χ0) is 10.3. The van der Waals surface area contributed by atoms with Crippen molar-refractivity contribution in [2.75, 3.05) is 5.32 Å². The van der Waals surface area contributed by atoms with Crippen LogP contribution in [0, 0.1) is 6.92 Å². The molecule has 2 rings (SSSR count). The number of benzene rings is 1. The van der Waals surface area contributed by atoms with Gasteiger partial charge in [0.15, 0.2) is 11.6 Å². The molecule has 1 aliphatic heterocycles. The molecule has 1 heterocycles. The summed E-state index contributed by atoms with van der Waals surface area (Å²) in [5.41, 5.74) is 3.65. The molecule has 0 aliphatic carbocycles. The third kappa shape index (κ3) is 1.37. The molecule has 14 heavy (non-hydrogen) atoms. The molecule has 2 heteroatoms. The fraction of sp³-hybridized carbons (Fsp3) is 0.333. The van der Waals surface area contributed by atoms with Crippen molar-refractivity contribution >= 4 is 5.69 Å². The summed E-state index contributed by atoms with van der Waals surface area (Å²) in [7, 11) is 0. The maximum atomic E-state index is 5.45. The standard InChI is InChI=1S/C12H15NO/c1-7(2)10-6-12-11(5-8(10)3)13-9(4)14-12/h5-7,13H,4H2,1-3H3. The zero-order valence-corrected chi connectivity index (χ0v) is 8.85. The van der Waals surface area contributed by atoms with E-state index in [9.17, 15) is 0 Å². The van der Waals surface area contributed by atoms with Crippen molar-refractivity contribution in [3.8, 4) is 5.75 Å². The van der Waals surface area contributed by atoms with Crippen LogP contribution in [-0.4, -0.2) is 0 Å². The Hall–Kier alpha value is -1.44. The summed E-state index contributed by atoms with van der Waals surface area (Å²) in [4.78, 5) is 0. The molecular formula is C12H15NO. The minimum absolute atomic E-state index is 0.526. The van der Waals surface area contributed by atoms with Crippen molar-refractivity contribution in [1.82, 2.24) is 0 Å². The first kappa shape index (κ1) is 9.13. The monoisotopic (exact) mass is 189 g/mol. The first-order valence-electron chi connectivity index (χ1n) is 4.86. The van der Waals surface area contributed by atoms with Gasteiger partial charge in [-0.3, -0.25) is 0 Å². The molecule has 0 saturated carbocycles. The van der Waals surface area contributed by atoms with Gasteiger partial charge in [0.25, 0.3) is 0 Å². The molecule has 0 amide bonds. The minimum Gasteiger partial charge on any atom is -0.440 e. The lowest BCUT2D eigenvalue weighted by atomic mass is 9.97. The number of rotatable bonds is 1. The van der Waals surface area contributed by atoms with E-state index in [1.54, 1.807) is 0 Å². The van der Waals surface area contributed by atoms with E-state index in [-0.39, 0.29) is 0 Å². The Morgan fingerprint density at radius 1 is 1.36 bits per heavy atom. The van der Waals surface area contributed by atoms with Crippen molar-refractivity contribution in [1.29, 1.82) is 0 Å². The smallest absolute Gasteiger partial charge is 0.190 e. The second-order valence-corrected chi connectivity index (χ2v) is 4.01. The van der Waals surface area contributed by atoms with Crippen LogP contribution < -0.4 is 10.1 Å². The van der Waals surface area contributed by atoms with E-state index in [4.69, 9.17) is 4.74 Å². The van der Waals surface area contributed by atoms with Gasteiger partial charge in [0.05, 0.1) is 5.69 Å². The maximum Gasteiger partial charge on any atom is 0.190 e. The highest BCUT2D eigenvalue weighted by Gasteiger charge is 2.17. The second-order valence-electron chi connectivity index (χ2n) is 4.01. The first-order valence-corrected chi connectivity index (χ1v) is 4.86. The van der Waals surface area contributed by atoms with Crippen LogP contribution in [0.25, 0.3) is 0 Å². The largest absolute Gasteiger partial charge is 0.440 e. The lowest BCUT2D eigenvalue weighted by Gasteiger charge is -2.10. The molecule has 0 aromatic heterocycles. The van der Waals surface area contributed by atoms with Gasteiger partial charge in [0.1, 0.15) is 0 Å². The molecule has 0 atom stereocenters. The van der Waals surface area contributed by atoms with E-state index in [2.05, 4.69) is 44.8 Å². The molecule has 0 bridgehead atoms.